The Hall–Kier alpha value is -6.18. The Labute approximate surface area is 562 Å². The van der Waals surface area contributed by atoms with Crippen LogP contribution in [0.3, 0.4) is 0 Å². The minimum absolute atomic E-state index is 1.19. The Bertz CT molecular complexity index is 3500. The van der Waals surface area contributed by atoms with E-state index in [2.05, 4.69) is 413 Å². The molecule has 92 heavy (non-hydrogen) atoms. The molecular formula is C74H110N8O2Si8. The summed E-state index contributed by atoms with van der Waals surface area (Å²) in [6.45, 7) is 23.1. The maximum Gasteiger partial charge on any atom is 0.209 e. The van der Waals surface area contributed by atoms with Crippen LogP contribution in [0, 0.1) is 0 Å². The highest BCUT2D eigenvalue weighted by Gasteiger charge is 2.81. The summed E-state index contributed by atoms with van der Waals surface area (Å²) in [6, 6.07) is 80.4. The fourth-order valence-corrected chi connectivity index (χ4v) is 240. The van der Waals surface area contributed by atoms with E-state index in [0.717, 1.165) is 0 Å². The molecule has 0 N–H and O–H groups in total. The van der Waals surface area contributed by atoms with Crippen molar-refractivity contribution in [2.45, 2.75) is 52.4 Å². The van der Waals surface area contributed by atoms with E-state index >= 15 is 0 Å². The lowest BCUT2D eigenvalue weighted by Crippen LogP contribution is -3.07. The van der Waals surface area contributed by atoms with Crippen molar-refractivity contribution in [3.8, 4) is 0 Å². The summed E-state index contributed by atoms with van der Waals surface area (Å²) in [6.07, 6.45) is 0. The maximum atomic E-state index is 7.95. The molecule has 8 aromatic carbocycles. The first kappa shape index (κ1) is 71.7. The first-order valence-corrected chi connectivity index (χ1v) is 59.3. The van der Waals surface area contributed by atoms with Gasteiger partial charge in [-0.15, -0.1) is 0 Å². The molecule has 18 heteroatoms. The van der Waals surface area contributed by atoms with Crippen LogP contribution in [0.15, 0.2) is 194 Å². The van der Waals surface area contributed by atoms with Gasteiger partial charge in [0, 0.05) is 172 Å². The molecule has 0 aromatic heterocycles. The molecule has 490 valence electrons. The first-order valence-electron chi connectivity index (χ1n) is 32.5. The van der Waals surface area contributed by atoms with Crippen LogP contribution >= 0.6 is 0 Å². The molecule has 10 nitrogen and oxygen atoms in total. The average Bonchev–Trinajstić information content (AvgIpc) is 0.649. The second kappa shape index (κ2) is 27.3. The van der Waals surface area contributed by atoms with Gasteiger partial charge in [0.15, 0.2) is 0 Å². The van der Waals surface area contributed by atoms with Crippen molar-refractivity contribution in [2.24, 2.45) is 0 Å². The third-order valence-corrected chi connectivity index (χ3v) is 170. The van der Waals surface area contributed by atoms with Gasteiger partial charge >= 0.3 is 0 Å². The van der Waals surface area contributed by atoms with Gasteiger partial charge in [-0.25, -0.2) is 0 Å². The van der Waals surface area contributed by atoms with Crippen molar-refractivity contribution >= 4 is 145 Å². The van der Waals surface area contributed by atoms with E-state index in [-0.39, 0.29) is 0 Å². The highest BCUT2D eigenvalue weighted by molar-refractivity contribution is 8.11. The largest absolute Gasteiger partial charge is 0.418 e. The lowest BCUT2D eigenvalue weighted by Gasteiger charge is -2.69. The fourth-order valence-electron chi connectivity index (χ4n) is 16.3. The zero-order valence-corrected chi connectivity index (χ0v) is 68.9. The molecule has 0 aliphatic rings. The zero-order chi connectivity index (χ0) is 67.9. The van der Waals surface area contributed by atoms with Gasteiger partial charge in [0.25, 0.3) is 0 Å². The van der Waals surface area contributed by atoms with Crippen LogP contribution in [0.1, 0.15) is 0 Å². The molecule has 8 atom stereocenters. The van der Waals surface area contributed by atoms with Crippen molar-refractivity contribution in [3.63, 3.8) is 0 Å². The summed E-state index contributed by atoms with van der Waals surface area (Å²) in [7, 11) is 12.3. The first-order chi connectivity index (χ1) is 43.1. The van der Waals surface area contributed by atoms with Crippen LogP contribution in [-0.4, -0.2) is 185 Å². The predicted molar refractivity (Wildman–Crippen MR) is 430 cm³/mol. The molecule has 0 heterocycles. The second-order valence-electron chi connectivity index (χ2n) is 28.8. The Kier molecular flexibility index (Phi) is 21.2. The molecular weight excluding hydrogens is 1260 g/mol. The molecule has 8 unspecified atom stereocenters. The van der Waals surface area contributed by atoms with E-state index < -0.39 is 58.3 Å². The van der Waals surface area contributed by atoms with Gasteiger partial charge in [-0.05, 0) is 121 Å². The fraction of sp³-hybridized carbons (Fsp3) is 0.351. The third kappa shape index (κ3) is 11.6. The van der Waals surface area contributed by atoms with Crippen LogP contribution in [0.25, 0.3) is 0 Å². The van der Waals surface area contributed by atoms with E-state index in [0.29, 0.717) is 0 Å². The predicted octanol–water partition coefficient (Wildman–Crippen LogP) is 9.24. The smallest absolute Gasteiger partial charge is 0.209 e. The van der Waals surface area contributed by atoms with E-state index in [9.17, 15) is 0 Å². The molecule has 8 aromatic rings. The SMILES string of the molecule is CO[Si](C)(c1ccc(N(C)C)cc1)[Si](C)(c1ccc(N(C)C)cc1)[Si](C)(c1ccc(N(C)C)cc1)[Si](C)(c1ccc(N(C)C)cc1)[Si](C)(c1ccc(N(C)C)cc1)[Si](C)(c1ccc(N(C)C)cc1)[Si](C)(c1ccc(N(C)C)cc1)[Si](C)(OC)c1ccc(N(C)C)cc1. The van der Waals surface area contributed by atoms with Crippen LogP contribution < -0.4 is 80.7 Å². The molecule has 0 bridgehead atoms. The summed E-state index contributed by atoms with van der Waals surface area (Å²) in [5, 5.41) is 11.9. The van der Waals surface area contributed by atoms with E-state index in [1.54, 1.807) is 10.4 Å². The number of hydrogen-bond donors (Lipinski definition) is 0. The van der Waals surface area contributed by atoms with Crippen molar-refractivity contribution in [2.75, 3.05) is 166 Å². The van der Waals surface area contributed by atoms with Crippen LogP contribution in [0.2, 0.25) is 52.4 Å². The normalized spacial score (nSPS) is 16.9. The second-order valence-corrected chi connectivity index (χ2v) is 103. The van der Waals surface area contributed by atoms with Gasteiger partial charge in [-0.3, -0.25) is 0 Å². The van der Waals surface area contributed by atoms with Gasteiger partial charge in [-0.2, -0.15) is 0 Å². The molecule has 0 aliphatic heterocycles. The van der Waals surface area contributed by atoms with Gasteiger partial charge < -0.3 is 48.1 Å². The minimum atomic E-state index is -3.48. The van der Waals surface area contributed by atoms with Crippen LogP contribution in [0.5, 0.6) is 0 Å². The summed E-state index contributed by atoms with van der Waals surface area (Å²) in [4.78, 5) is 18.1. The highest BCUT2D eigenvalue weighted by atomic mass is 30.1. The summed E-state index contributed by atoms with van der Waals surface area (Å²) >= 11 is 0. The number of rotatable bonds is 25. The van der Waals surface area contributed by atoms with Gasteiger partial charge in [-0.1, -0.05) is 167 Å². The molecule has 0 amide bonds. The molecule has 8 rings (SSSR count). The molecule has 0 saturated carbocycles. The van der Waals surface area contributed by atoms with E-state index in [1.807, 2.05) is 0 Å². The van der Waals surface area contributed by atoms with Gasteiger partial charge in [0.2, 0.25) is 15.7 Å². The topological polar surface area (TPSA) is 44.4 Å². The Balaban J connectivity index is 1.78. The van der Waals surface area contributed by atoms with Crippen molar-refractivity contribution in [1.29, 1.82) is 0 Å². The number of nitrogens with zero attached hydrogens (tertiary/aromatic N) is 8. The molecule has 0 fully saturated rings. The summed E-state index contributed by atoms with van der Waals surface area (Å²) in [5.74, 6) is 0. The van der Waals surface area contributed by atoms with Gasteiger partial charge in [0.1, 0.15) is 14.2 Å². The molecule has 0 spiro atoms. The summed E-state index contributed by atoms with van der Waals surface area (Å²) < 4.78 is 15.9. The molecule has 0 radical (unpaired) electrons. The number of benzene rings is 8. The molecule has 0 saturated heterocycles. The van der Waals surface area contributed by atoms with E-state index in [1.165, 1.54) is 76.6 Å². The quantitative estimate of drug-likeness (QED) is 0.0518. The zero-order valence-electron chi connectivity index (χ0n) is 60.9. The maximum absolute atomic E-state index is 7.95. The Morgan fingerprint density at radius 2 is 0.283 bits per heavy atom. The molecule has 0 aliphatic carbocycles. The van der Waals surface area contributed by atoms with Crippen molar-refractivity contribution in [3.05, 3.63) is 194 Å². The monoisotopic (exact) mass is 1370 g/mol. The van der Waals surface area contributed by atoms with Crippen molar-refractivity contribution < 1.29 is 8.85 Å². The van der Waals surface area contributed by atoms with Crippen LogP contribution in [-0.2, 0) is 8.85 Å². The lowest BCUT2D eigenvalue weighted by molar-refractivity contribution is 0.425. The van der Waals surface area contributed by atoms with Gasteiger partial charge in [0.05, 0.1) is 28.4 Å². The van der Waals surface area contributed by atoms with E-state index in [4.69, 9.17) is 8.85 Å². The Morgan fingerprint density at radius 3 is 0.402 bits per heavy atom. The highest BCUT2D eigenvalue weighted by Crippen LogP contribution is 2.47. The van der Waals surface area contributed by atoms with Crippen LogP contribution in [0.4, 0.5) is 45.5 Å². The number of anilines is 8. The number of hydrogen-bond acceptors (Lipinski definition) is 10. The standard InChI is InChI=1S/C74H110N8O2Si8/c1-75(2)59-27-43-67(44-28-59)85(19,83-17)87(21,69-47-31-61(32-48-69)77(5)6)89(23,71-51-35-63(36-52-71)79(9)10)91(25,73-55-39-65(40-56-73)81(13)14)92(26,74-57-41-66(42-58-74)82(15)16)90(24,72-53-37-64(38-54-72)80(11)12)88(22,70-49-33-62(34-50-70)78(7)8)86(20,84-18)68-45-29-60(30-46-68)76(3)4/h27-58H,1-26H3. The average molecular weight is 1370 g/mol. The Morgan fingerprint density at radius 1 is 0.174 bits per heavy atom. The summed E-state index contributed by atoms with van der Waals surface area (Å²) in [5.41, 5.74) is 9.60. The third-order valence-electron chi connectivity index (χ3n) is 23.4. The van der Waals surface area contributed by atoms with Crippen molar-refractivity contribution in [1.82, 2.24) is 0 Å². The minimum Gasteiger partial charge on any atom is -0.418 e. The lowest BCUT2D eigenvalue weighted by atomic mass is 10.3.